The largest absolute Gasteiger partial charge is 0.365 e. The van der Waals surface area contributed by atoms with Crippen LogP contribution in [0, 0.1) is 6.92 Å². The molecule has 132 valence electrons. The Balaban J connectivity index is 1.48. The topological polar surface area (TPSA) is 75.3 Å². The predicted octanol–water partition coefficient (Wildman–Crippen LogP) is 1.76. The number of aryl methyl sites for hydroxylation is 3. The molecule has 3 heterocycles. The SMILES string of the molecule is Cc1nc(CN2CCN(c3nc4c(cc3C(N)=O)CCC4)CC2)cs1. The fourth-order valence-corrected chi connectivity index (χ4v) is 4.32. The van der Waals surface area contributed by atoms with Crippen molar-refractivity contribution >= 4 is 23.1 Å². The normalized spacial score (nSPS) is 17.7. The highest BCUT2D eigenvalue weighted by atomic mass is 32.1. The number of thiazole rings is 1. The summed E-state index contributed by atoms with van der Waals surface area (Å²) in [6.45, 7) is 6.51. The Morgan fingerprint density at radius 1 is 1.24 bits per heavy atom. The number of primary amides is 1. The van der Waals surface area contributed by atoms with Crippen LogP contribution in [0.25, 0.3) is 0 Å². The number of carbonyl (C=O) groups excluding carboxylic acids is 1. The highest BCUT2D eigenvalue weighted by Crippen LogP contribution is 2.28. The van der Waals surface area contributed by atoms with E-state index in [1.165, 1.54) is 5.56 Å². The van der Waals surface area contributed by atoms with Gasteiger partial charge in [0, 0.05) is 43.8 Å². The van der Waals surface area contributed by atoms with Crippen molar-refractivity contribution in [3.8, 4) is 0 Å². The fourth-order valence-electron chi connectivity index (χ4n) is 3.71. The van der Waals surface area contributed by atoms with E-state index in [4.69, 9.17) is 10.7 Å². The van der Waals surface area contributed by atoms with Gasteiger partial charge < -0.3 is 10.6 Å². The van der Waals surface area contributed by atoms with Crippen molar-refractivity contribution in [2.24, 2.45) is 5.73 Å². The smallest absolute Gasteiger partial charge is 0.252 e. The molecule has 0 unspecified atom stereocenters. The van der Waals surface area contributed by atoms with Gasteiger partial charge in [-0.25, -0.2) is 9.97 Å². The minimum atomic E-state index is -0.377. The molecule has 0 atom stereocenters. The number of pyridine rings is 1. The molecule has 0 spiro atoms. The Morgan fingerprint density at radius 2 is 2.04 bits per heavy atom. The van der Waals surface area contributed by atoms with Crippen LogP contribution < -0.4 is 10.6 Å². The van der Waals surface area contributed by atoms with E-state index in [-0.39, 0.29) is 5.91 Å². The molecule has 0 bridgehead atoms. The molecule has 2 aromatic heterocycles. The van der Waals surface area contributed by atoms with E-state index in [1.54, 1.807) is 11.3 Å². The molecule has 0 radical (unpaired) electrons. The first-order valence-corrected chi connectivity index (χ1v) is 9.69. The molecule has 7 heteroatoms. The molecular formula is C18H23N5OS. The summed E-state index contributed by atoms with van der Waals surface area (Å²) in [5.41, 5.74) is 9.67. The molecule has 1 aliphatic heterocycles. The number of hydrogen-bond donors (Lipinski definition) is 1. The number of nitrogens with zero attached hydrogens (tertiary/aromatic N) is 4. The number of rotatable bonds is 4. The average molecular weight is 357 g/mol. The second-order valence-electron chi connectivity index (χ2n) is 6.80. The van der Waals surface area contributed by atoms with Gasteiger partial charge in [-0.15, -0.1) is 11.3 Å². The molecule has 1 fully saturated rings. The van der Waals surface area contributed by atoms with Crippen LogP contribution in [0.1, 0.15) is 38.7 Å². The summed E-state index contributed by atoms with van der Waals surface area (Å²) < 4.78 is 0. The van der Waals surface area contributed by atoms with Crippen LogP contribution in [0.5, 0.6) is 0 Å². The molecule has 25 heavy (non-hydrogen) atoms. The molecule has 2 N–H and O–H groups in total. The van der Waals surface area contributed by atoms with Gasteiger partial charge in [0.2, 0.25) is 0 Å². The van der Waals surface area contributed by atoms with Crippen molar-refractivity contribution in [1.29, 1.82) is 0 Å². The van der Waals surface area contributed by atoms with Gasteiger partial charge >= 0.3 is 0 Å². The lowest BCUT2D eigenvalue weighted by atomic mass is 10.1. The Bertz CT molecular complexity index is 795. The maximum absolute atomic E-state index is 11.9. The van der Waals surface area contributed by atoms with Gasteiger partial charge in [0.25, 0.3) is 5.91 Å². The maximum Gasteiger partial charge on any atom is 0.252 e. The van der Waals surface area contributed by atoms with Crippen LogP contribution in [0.4, 0.5) is 5.82 Å². The van der Waals surface area contributed by atoms with Gasteiger partial charge in [0.05, 0.1) is 16.3 Å². The van der Waals surface area contributed by atoms with Crippen LogP contribution in [0.2, 0.25) is 0 Å². The Hall–Kier alpha value is -1.99. The molecule has 1 saturated heterocycles. The second-order valence-corrected chi connectivity index (χ2v) is 7.87. The highest BCUT2D eigenvalue weighted by molar-refractivity contribution is 7.09. The van der Waals surface area contributed by atoms with Crippen LogP contribution in [0.3, 0.4) is 0 Å². The summed E-state index contributed by atoms with van der Waals surface area (Å²) in [5, 5.41) is 3.25. The quantitative estimate of drug-likeness (QED) is 0.902. The predicted molar refractivity (Wildman–Crippen MR) is 99.1 cm³/mol. The molecule has 0 aromatic carbocycles. The molecule has 6 nitrogen and oxygen atoms in total. The number of hydrogen-bond acceptors (Lipinski definition) is 6. The van der Waals surface area contributed by atoms with E-state index in [1.807, 2.05) is 13.0 Å². The summed E-state index contributed by atoms with van der Waals surface area (Å²) in [5.74, 6) is 0.398. The lowest BCUT2D eigenvalue weighted by molar-refractivity contribution is 0.1000. The van der Waals surface area contributed by atoms with Crippen molar-refractivity contribution in [3.05, 3.63) is 39.0 Å². The number of anilines is 1. The minimum absolute atomic E-state index is 0.377. The third-order valence-corrected chi connectivity index (χ3v) is 5.84. The van der Waals surface area contributed by atoms with Gasteiger partial charge in [-0.2, -0.15) is 0 Å². The van der Waals surface area contributed by atoms with E-state index in [0.29, 0.717) is 5.56 Å². The van der Waals surface area contributed by atoms with E-state index in [0.717, 1.165) is 74.2 Å². The van der Waals surface area contributed by atoms with Gasteiger partial charge in [-0.3, -0.25) is 9.69 Å². The maximum atomic E-state index is 11.9. The zero-order chi connectivity index (χ0) is 17.4. The standard InChI is InChI=1S/C18H23N5OS/c1-12-20-14(11-25-12)10-22-5-7-23(8-6-22)18-15(17(19)24)9-13-3-2-4-16(13)21-18/h9,11H,2-8,10H2,1H3,(H2,19,24). The molecular weight excluding hydrogens is 334 g/mol. The number of piperazine rings is 1. The van der Waals surface area contributed by atoms with Crippen LogP contribution >= 0.6 is 11.3 Å². The summed E-state index contributed by atoms with van der Waals surface area (Å²) in [6, 6.07) is 1.97. The Kier molecular flexibility index (Phi) is 4.43. The van der Waals surface area contributed by atoms with Gasteiger partial charge in [0.1, 0.15) is 5.82 Å². The van der Waals surface area contributed by atoms with Crippen molar-refractivity contribution in [1.82, 2.24) is 14.9 Å². The van der Waals surface area contributed by atoms with Gasteiger partial charge in [0.15, 0.2) is 0 Å². The van der Waals surface area contributed by atoms with Crippen molar-refractivity contribution < 1.29 is 4.79 Å². The molecule has 2 aromatic rings. The third kappa shape index (κ3) is 3.39. The monoisotopic (exact) mass is 357 g/mol. The van der Waals surface area contributed by atoms with Gasteiger partial charge in [-0.1, -0.05) is 0 Å². The second kappa shape index (κ2) is 6.72. The molecule has 2 aliphatic rings. The van der Waals surface area contributed by atoms with Gasteiger partial charge in [-0.05, 0) is 37.8 Å². The first-order chi connectivity index (χ1) is 12.1. The van der Waals surface area contributed by atoms with Crippen molar-refractivity contribution in [2.75, 3.05) is 31.1 Å². The number of amides is 1. The number of fused-ring (bicyclic) bond motifs is 1. The molecule has 0 saturated carbocycles. The minimum Gasteiger partial charge on any atom is -0.365 e. The number of carbonyl (C=O) groups is 1. The molecule has 4 rings (SSSR count). The van der Waals surface area contributed by atoms with Crippen molar-refractivity contribution in [2.45, 2.75) is 32.7 Å². The summed E-state index contributed by atoms with van der Waals surface area (Å²) in [6.07, 6.45) is 3.12. The zero-order valence-corrected chi connectivity index (χ0v) is 15.3. The first kappa shape index (κ1) is 16.5. The Labute approximate surface area is 151 Å². The molecule has 1 aliphatic carbocycles. The van der Waals surface area contributed by atoms with Crippen LogP contribution in [-0.4, -0.2) is 47.0 Å². The van der Waals surface area contributed by atoms with Crippen LogP contribution in [-0.2, 0) is 19.4 Å². The van der Waals surface area contributed by atoms with E-state index in [9.17, 15) is 4.79 Å². The lowest BCUT2D eigenvalue weighted by Gasteiger charge is -2.35. The zero-order valence-electron chi connectivity index (χ0n) is 14.5. The summed E-state index contributed by atoms with van der Waals surface area (Å²) >= 11 is 1.70. The summed E-state index contributed by atoms with van der Waals surface area (Å²) in [4.78, 5) is 25.9. The van der Waals surface area contributed by atoms with Crippen molar-refractivity contribution in [3.63, 3.8) is 0 Å². The average Bonchev–Trinajstić information content (AvgIpc) is 3.22. The lowest BCUT2D eigenvalue weighted by Crippen LogP contribution is -2.47. The van der Waals surface area contributed by atoms with E-state index >= 15 is 0 Å². The Morgan fingerprint density at radius 3 is 2.72 bits per heavy atom. The molecule has 1 amide bonds. The van der Waals surface area contributed by atoms with Crippen LogP contribution in [0.15, 0.2) is 11.4 Å². The highest BCUT2D eigenvalue weighted by Gasteiger charge is 2.25. The van der Waals surface area contributed by atoms with E-state index in [2.05, 4.69) is 20.2 Å². The third-order valence-electron chi connectivity index (χ3n) is 5.02. The fraction of sp³-hybridized carbons (Fsp3) is 0.500. The van der Waals surface area contributed by atoms with E-state index < -0.39 is 0 Å². The summed E-state index contributed by atoms with van der Waals surface area (Å²) in [7, 11) is 0. The number of aromatic nitrogens is 2. The number of nitrogens with two attached hydrogens (primary N) is 1. The first-order valence-electron chi connectivity index (χ1n) is 8.81.